The van der Waals surface area contributed by atoms with Gasteiger partial charge in [-0.25, -0.2) is 9.97 Å². The molecule has 0 aliphatic heterocycles. The van der Waals surface area contributed by atoms with Crippen molar-refractivity contribution in [1.82, 2.24) is 24.3 Å². The number of aromatic nitrogens is 5. The van der Waals surface area contributed by atoms with Gasteiger partial charge in [-0.15, -0.1) is 0 Å². The first kappa shape index (κ1) is 12.5. The highest BCUT2D eigenvalue weighted by atomic mass is 16.5. The largest absolute Gasteiger partial charge is 0.481 e. The number of aryl methyl sites for hydroxylation is 2. The molecule has 0 atom stereocenters. The first-order valence-corrected chi connectivity index (χ1v) is 6.24. The molecule has 0 unspecified atom stereocenters. The Hall–Kier alpha value is -2.57. The minimum atomic E-state index is 0.479. The molecule has 0 radical (unpaired) electrons. The highest BCUT2D eigenvalue weighted by molar-refractivity contribution is 5.77. The fourth-order valence-corrected chi connectivity index (χ4v) is 2.35. The van der Waals surface area contributed by atoms with E-state index in [2.05, 4.69) is 15.1 Å². The Morgan fingerprint density at radius 3 is 2.95 bits per heavy atom. The van der Waals surface area contributed by atoms with Crippen LogP contribution >= 0.6 is 0 Å². The van der Waals surface area contributed by atoms with Gasteiger partial charge in [0.25, 0.3) is 0 Å². The van der Waals surface area contributed by atoms with Gasteiger partial charge in [-0.1, -0.05) is 0 Å². The fraction of sp³-hybridized carbons (Fsp3) is 0.308. The van der Waals surface area contributed by atoms with E-state index in [-0.39, 0.29) is 0 Å². The molecule has 104 valence electrons. The standard InChI is InChI=1S/C13H16N6O/c1-8-11-12(18(2)17-8)19(13(14)16-11)7-9-4-5-15-10(6-9)20-3/h4-6H,7H2,1-3H3,(H2,14,16). The molecule has 0 saturated carbocycles. The average Bonchev–Trinajstić information content (AvgIpc) is 2.89. The van der Waals surface area contributed by atoms with E-state index in [1.165, 1.54) is 0 Å². The Kier molecular flexibility index (Phi) is 2.81. The minimum Gasteiger partial charge on any atom is -0.481 e. The number of ether oxygens (including phenoxy) is 1. The molecule has 3 aromatic heterocycles. The molecule has 2 N–H and O–H groups in total. The maximum Gasteiger partial charge on any atom is 0.213 e. The SMILES string of the molecule is COc1cc(Cn2c(N)nc3c(C)nn(C)c32)ccn1. The van der Waals surface area contributed by atoms with Crippen LogP contribution in [0.3, 0.4) is 0 Å². The Bertz CT molecular complexity index is 773. The van der Waals surface area contributed by atoms with Gasteiger partial charge in [-0.2, -0.15) is 5.10 Å². The van der Waals surface area contributed by atoms with Crippen molar-refractivity contribution >= 4 is 17.1 Å². The normalized spacial score (nSPS) is 11.2. The lowest BCUT2D eigenvalue weighted by molar-refractivity contribution is 0.397. The number of rotatable bonds is 3. The topological polar surface area (TPSA) is 83.8 Å². The third kappa shape index (κ3) is 1.87. The number of nitrogens with zero attached hydrogens (tertiary/aromatic N) is 5. The Balaban J connectivity index is 2.08. The predicted octanol–water partition coefficient (Wildman–Crippen LogP) is 1.11. The molecule has 0 fully saturated rings. The van der Waals surface area contributed by atoms with Gasteiger partial charge in [0.2, 0.25) is 11.8 Å². The number of fused-ring (bicyclic) bond motifs is 1. The molecule has 20 heavy (non-hydrogen) atoms. The van der Waals surface area contributed by atoms with Crippen LogP contribution in [0.4, 0.5) is 5.95 Å². The summed E-state index contributed by atoms with van der Waals surface area (Å²) in [5.74, 6) is 1.06. The van der Waals surface area contributed by atoms with Gasteiger partial charge in [0, 0.05) is 19.3 Å². The second kappa shape index (κ2) is 4.52. The lowest BCUT2D eigenvalue weighted by atomic mass is 10.2. The van der Waals surface area contributed by atoms with E-state index in [9.17, 15) is 0 Å². The molecule has 0 saturated heterocycles. The first-order chi connectivity index (χ1) is 9.60. The van der Waals surface area contributed by atoms with E-state index < -0.39 is 0 Å². The summed E-state index contributed by atoms with van der Waals surface area (Å²) in [5.41, 5.74) is 9.69. The number of hydrogen-bond donors (Lipinski definition) is 1. The molecule has 0 aliphatic rings. The maximum absolute atomic E-state index is 6.02. The molecule has 0 spiro atoms. The average molecular weight is 272 g/mol. The number of pyridine rings is 1. The monoisotopic (exact) mass is 272 g/mol. The Morgan fingerprint density at radius 2 is 2.20 bits per heavy atom. The third-order valence-electron chi connectivity index (χ3n) is 3.27. The van der Waals surface area contributed by atoms with Crippen molar-refractivity contribution in [2.75, 3.05) is 12.8 Å². The molecule has 0 aromatic carbocycles. The molecule has 3 heterocycles. The number of methoxy groups -OCH3 is 1. The molecular weight excluding hydrogens is 256 g/mol. The lowest BCUT2D eigenvalue weighted by Crippen LogP contribution is -2.08. The molecule has 0 aliphatic carbocycles. The fourth-order valence-electron chi connectivity index (χ4n) is 2.35. The van der Waals surface area contributed by atoms with Crippen LogP contribution in [0.2, 0.25) is 0 Å². The zero-order valence-electron chi connectivity index (χ0n) is 11.7. The van der Waals surface area contributed by atoms with E-state index >= 15 is 0 Å². The van der Waals surface area contributed by atoms with Crippen LogP contribution in [0, 0.1) is 6.92 Å². The van der Waals surface area contributed by atoms with E-state index in [1.807, 2.05) is 30.7 Å². The lowest BCUT2D eigenvalue weighted by Gasteiger charge is -2.08. The first-order valence-electron chi connectivity index (χ1n) is 6.24. The predicted molar refractivity (Wildman–Crippen MR) is 75.5 cm³/mol. The van der Waals surface area contributed by atoms with Crippen LogP contribution in [0.25, 0.3) is 11.2 Å². The summed E-state index contributed by atoms with van der Waals surface area (Å²) in [6.07, 6.45) is 1.72. The molecule has 0 bridgehead atoms. The van der Waals surface area contributed by atoms with E-state index in [4.69, 9.17) is 10.5 Å². The van der Waals surface area contributed by atoms with Crippen molar-refractivity contribution in [1.29, 1.82) is 0 Å². The van der Waals surface area contributed by atoms with Gasteiger partial charge in [-0.3, -0.25) is 9.25 Å². The van der Waals surface area contributed by atoms with Gasteiger partial charge in [-0.05, 0) is 18.6 Å². The smallest absolute Gasteiger partial charge is 0.213 e. The van der Waals surface area contributed by atoms with E-state index in [1.54, 1.807) is 18.0 Å². The maximum atomic E-state index is 6.02. The van der Waals surface area contributed by atoms with Gasteiger partial charge >= 0.3 is 0 Å². The summed E-state index contributed by atoms with van der Waals surface area (Å²) in [6, 6.07) is 3.81. The number of nitrogens with two attached hydrogens (primary N) is 1. The van der Waals surface area contributed by atoms with Crippen molar-refractivity contribution < 1.29 is 4.74 Å². The summed E-state index contributed by atoms with van der Waals surface area (Å²) < 4.78 is 8.87. The molecule has 3 rings (SSSR count). The molecule has 0 amide bonds. The minimum absolute atomic E-state index is 0.479. The van der Waals surface area contributed by atoms with Crippen LogP contribution in [0.15, 0.2) is 18.3 Å². The van der Waals surface area contributed by atoms with E-state index in [0.29, 0.717) is 18.4 Å². The number of imidazole rings is 1. The second-order valence-corrected chi connectivity index (χ2v) is 4.64. The van der Waals surface area contributed by atoms with Crippen LogP contribution in [0.5, 0.6) is 5.88 Å². The molecule has 7 heteroatoms. The zero-order chi connectivity index (χ0) is 14.3. The highest BCUT2D eigenvalue weighted by Crippen LogP contribution is 2.22. The summed E-state index contributed by atoms with van der Waals surface area (Å²) in [7, 11) is 3.49. The number of anilines is 1. The van der Waals surface area contributed by atoms with Crippen LogP contribution < -0.4 is 10.5 Å². The van der Waals surface area contributed by atoms with Crippen molar-refractivity contribution in [2.45, 2.75) is 13.5 Å². The quantitative estimate of drug-likeness (QED) is 0.772. The Morgan fingerprint density at radius 1 is 1.40 bits per heavy atom. The van der Waals surface area contributed by atoms with Crippen molar-refractivity contribution in [2.24, 2.45) is 7.05 Å². The van der Waals surface area contributed by atoms with Crippen molar-refractivity contribution in [3.05, 3.63) is 29.6 Å². The van der Waals surface area contributed by atoms with Crippen LogP contribution in [-0.2, 0) is 13.6 Å². The third-order valence-corrected chi connectivity index (χ3v) is 3.27. The van der Waals surface area contributed by atoms with Crippen molar-refractivity contribution in [3.63, 3.8) is 0 Å². The highest BCUT2D eigenvalue weighted by Gasteiger charge is 2.15. The van der Waals surface area contributed by atoms with Gasteiger partial charge in [0.1, 0.15) is 5.52 Å². The summed E-state index contributed by atoms with van der Waals surface area (Å²) in [5, 5.41) is 4.37. The molecular formula is C13H16N6O. The second-order valence-electron chi connectivity index (χ2n) is 4.64. The molecule has 3 aromatic rings. The van der Waals surface area contributed by atoms with Gasteiger partial charge in [0.15, 0.2) is 5.65 Å². The van der Waals surface area contributed by atoms with Crippen LogP contribution in [0.1, 0.15) is 11.3 Å². The summed E-state index contributed by atoms with van der Waals surface area (Å²) >= 11 is 0. The molecule has 7 nitrogen and oxygen atoms in total. The van der Waals surface area contributed by atoms with Gasteiger partial charge < -0.3 is 10.5 Å². The number of hydrogen-bond acceptors (Lipinski definition) is 5. The van der Waals surface area contributed by atoms with Gasteiger partial charge in [0.05, 0.1) is 19.3 Å². The Labute approximate surface area is 116 Å². The van der Waals surface area contributed by atoms with E-state index in [0.717, 1.165) is 22.4 Å². The van der Waals surface area contributed by atoms with Crippen LogP contribution in [-0.4, -0.2) is 31.4 Å². The van der Waals surface area contributed by atoms with Crippen molar-refractivity contribution in [3.8, 4) is 5.88 Å². The zero-order valence-corrected chi connectivity index (χ0v) is 11.7. The summed E-state index contributed by atoms with van der Waals surface area (Å²) in [6.45, 7) is 2.52. The number of nitrogen functional groups attached to an aromatic ring is 1. The summed E-state index contributed by atoms with van der Waals surface area (Å²) in [4.78, 5) is 8.48.